The van der Waals surface area contributed by atoms with Gasteiger partial charge in [-0.25, -0.2) is 5.43 Å². The Balaban J connectivity index is 1.72. The Morgan fingerprint density at radius 1 is 1.50 bits per heavy atom. The lowest BCUT2D eigenvalue weighted by molar-refractivity contribution is -0.122. The summed E-state index contributed by atoms with van der Waals surface area (Å²) in [5.74, 6) is 2.17. The van der Waals surface area contributed by atoms with E-state index in [2.05, 4.69) is 31.4 Å². The van der Waals surface area contributed by atoms with Crippen LogP contribution in [0.2, 0.25) is 0 Å². The molecule has 2 heterocycles. The SMILES string of the molecule is O=C(CN1CCSCC1)NN=Cc1ccc(Br)s1. The summed E-state index contributed by atoms with van der Waals surface area (Å²) < 4.78 is 1.06. The van der Waals surface area contributed by atoms with Crippen LogP contribution < -0.4 is 5.43 Å². The molecule has 0 unspecified atom stereocenters. The number of amides is 1. The third kappa shape index (κ3) is 4.72. The van der Waals surface area contributed by atoms with Crippen molar-refractivity contribution < 1.29 is 4.79 Å². The monoisotopic (exact) mass is 347 g/mol. The van der Waals surface area contributed by atoms with Gasteiger partial charge in [0, 0.05) is 29.5 Å². The van der Waals surface area contributed by atoms with Crippen LogP contribution in [0, 0.1) is 0 Å². The van der Waals surface area contributed by atoms with Crippen molar-refractivity contribution in [3.8, 4) is 0 Å². The second-order valence-corrected chi connectivity index (χ2v) is 7.54. The van der Waals surface area contributed by atoms with Crippen LogP contribution >= 0.6 is 39.0 Å². The first-order chi connectivity index (χ1) is 8.74. The van der Waals surface area contributed by atoms with Gasteiger partial charge in [-0.1, -0.05) is 0 Å². The van der Waals surface area contributed by atoms with Crippen LogP contribution in [0.3, 0.4) is 0 Å². The standard InChI is InChI=1S/C11H14BrN3OS2/c12-10-2-1-9(18-10)7-13-14-11(16)8-15-3-5-17-6-4-15/h1-2,7H,3-6,8H2,(H,14,16). The molecular formula is C11H14BrN3OS2. The minimum Gasteiger partial charge on any atom is -0.293 e. The smallest absolute Gasteiger partial charge is 0.254 e. The first-order valence-electron chi connectivity index (χ1n) is 5.61. The van der Waals surface area contributed by atoms with E-state index in [0.29, 0.717) is 6.54 Å². The molecule has 2 rings (SSSR count). The zero-order valence-corrected chi connectivity index (χ0v) is 13.0. The molecule has 0 spiro atoms. The molecule has 98 valence electrons. The van der Waals surface area contributed by atoms with E-state index in [-0.39, 0.29) is 5.91 Å². The van der Waals surface area contributed by atoms with Gasteiger partial charge in [-0.3, -0.25) is 9.69 Å². The summed E-state index contributed by atoms with van der Waals surface area (Å²) in [6.07, 6.45) is 1.67. The Labute approximate surface area is 123 Å². The van der Waals surface area contributed by atoms with E-state index < -0.39 is 0 Å². The van der Waals surface area contributed by atoms with Gasteiger partial charge in [-0.2, -0.15) is 16.9 Å². The van der Waals surface area contributed by atoms with Gasteiger partial charge in [0.1, 0.15) is 0 Å². The van der Waals surface area contributed by atoms with Gasteiger partial charge in [0.2, 0.25) is 0 Å². The van der Waals surface area contributed by atoms with Gasteiger partial charge < -0.3 is 0 Å². The fourth-order valence-electron chi connectivity index (χ4n) is 1.56. The van der Waals surface area contributed by atoms with Crippen LogP contribution in [0.15, 0.2) is 21.0 Å². The molecule has 1 saturated heterocycles. The molecule has 4 nitrogen and oxygen atoms in total. The first-order valence-corrected chi connectivity index (χ1v) is 8.38. The molecule has 0 saturated carbocycles. The van der Waals surface area contributed by atoms with E-state index in [1.165, 1.54) is 0 Å². The van der Waals surface area contributed by atoms with Gasteiger partial charge in [-0.05, 0) is 28.1 Å². The minimum atomic E-state index is -0.0474. The molecule has 0 bridgehead atoms. The summed E-state index contributed by atoms with van der Waals surface area (Å²) in [6.45, 7) is 2.41. The molecule has 0 aliphatic carbocycles. The van der Waals surface area contributed by atoms with Gasteiger partial charge in [-0.15, -0.1) is 11.3 Å². The van der Waals surface area contributed by atoms with Gasteiger partial charge in [0.05, 0.1) is 16.5 Å². The molecule has 0 atom stereocenters. The summed E-state index contributed by atoms with van der Waals surface area (Å²) in [7, 11) is 0. The lowest BCUT2D eigenvalue weighted by atomic mass is 10.4. The molecule has 18 heavy (non-hydrogen) atoms. The second-order valence-electron chi connectivity index (χ2n) is 3.82. The maximum absolute atomic E-state index is 11.6. The lowest BCUT2D eigenvalue weighted by Gasteiger charge is -2.24. The molecule has 0 radical (unpaired) electrons. The van der Waals surface area contributed by atoms with Crippen LogP contribution in [-0.4, -0.2) is 48.2 Å². The highest BCUT2D eigenvalue weighted by Crippen LogP contribution is 2.20. The molecule has 1 aliphatic heterocycles. The number of hydrogen-bond acceptors (Lipinski definition) is 5. The molecular weight excluding hydrogens is 334 g/mol. The molecule has 1 amide bonds. The Hall–Kier alpha value is -0.370. The number of thiophene rings is 1. The van der Waals surface area contributed by atoms with E-state index in [9.17, 15) is 4.79 Å². The predicted molar refractivity (Wildman–Crippen MR) is 81.5 cm³/mol. The van der Waals surface area contributed by atoms with Gasteiger partial charge in [0.15, 0.2) is 0 Å². The number of carbonyl (C=O) groups is 1. The zero-order valence-electron chi connectivity index (χ0n) is 9.76. The number of carbonyl (C=O) groups excluding carboxylic acids is 1. The lowest BCUT2D eigenvalue weighted by Crippen LogP contribution is -2.40. The number of hydrazone groups is 1. The van der Waals surface area contributed by atoms with Crippen molar-refractivity contribution in [3.63, 3.8) is 0 Å². The van der Waals surface area contributed by atoms with E-state index >= 15 is 0 Å². The van der Waals surface area contributed by atoms with Crippen LogP contribution in [0.25, 0.3) is 0 Å². The number of halogens is 1. The Bertz CT molecular complexity index is 430. The Kier molecular flexibility index (Phi) is 5.68. The maximum atomic E-state index is 11.6. The van der Waals surface area contributed by atoms with E-state index in [4.69, 9.17) is 0 Å². The van der Waals surface area contributed by atoms with Crippen molar-refractivity contribution in [2.24, 2.45) is 5.10 Å². The van der Waals surface area contributed by atoms with E-state index in [1.807, 2.05) is 23.9 Å². The molecule has 1 aliphatic rings. The predicted octanol–water partition coefficient (Wildman–Crippen LogP) is 2.01. The number of thioether (sulfide) groups is 1. The van der Waals surface area contributed by atoms with E-state index in [0.717, 1.165) is 33.3 Å². The number of rotatable bonds is 4. The van der Waals surface area contributed by atoms with Crippen LogP contribution in [-0.2, 0) is 4.79 Å². The fraction of sp³-hybridized carbons (Fsp3) is 0.455. The van der Waals surface area contributed by atoms with Crippen molar-refractivity contribution in [3.05, 3.63) is 20.8 Å². The summed E-state index contributed by atoms with van der Waals surface area (Å²) in [5.41, 5.74) is 2.56. The van der Waals surface area contributed by atoms with Crippen LogP contribution in [0.1, 0.15) is 4.88 Å². The third-order valence-corrected chi connectivity index (χ3v) is 4.95. The highest BCUT2D eigenvalue weighted by atomic mass is 79.9. The number of nitrogens with one attached hydrogen (secondary N) is 1. The second kappa shape index (κ2) is 7.28. The largest absolute Gasteiger partial charge is 0.293 e. The third-order valence-electron chi connectivity index (χ3n) is 2.45. The molecule has 1 fully saturated rings. The summed E-state index contributed by atoms with van der Waals surface area (Å²) >= 11 is 6.89. The molecule has 1 aromatic rings. The normalized spacial score (nSPS) is 17.2. The first kappa shape index (κ1) is 14.0. The topological polar surface area (TPSA) is 44.7 Å². The van der Waals surface area contributed by atoms with Gasteiger partial charge >= 0.3 is 0 Å². The highest BCUT2D eigenvalue weighted by molar-refractivity contribution is 9.11. The fourth-order valence-corrected chi connectivity index (χ4v) is 3.84. The quantitative estimate of drug-likeness (QED) is 0.669. The Morgan fingerprint density at radius 3 is 2.94 bits per heavy atom. The minimum absolute atomic E-state index is 0.0474. The van der Waals surface area contributed by atoms with Crippen molar-refractivity contribution in [1.29, 1.82) is 0 Å². The molecule has 1 aromatic heterocycles. The zero-order chi connectivity index (χ0) is 12.8. The van der Waals surface area contributed by atoms with E-state index in [1.54, 1.807) is 17.6 Å². The van der Waals surface area contributed by atoms with Crippen molar-refractivity contribution >= 4 is 51.2 Å². The number of nitrogens with zero attached hydrogens (tertiary/aromatic N) is 2. The van der Waals surface area contributed by atoms with Gasteiger partial charge in [0.25, 0.3) is 5.91 Å². The average Bonchev–Trinajstić information content (AvgIpc) is 2.76. The highest BCUT2D eigenvalue weighted by Gasteiger charge is 2.13. The summed E-state index contributed by atoms with van der Waals surface area (Å²) in [5, 5.41) is 3.95. The molecule has 7 heteroatoms. The number of hydrogen-bond donors (Lipinski definition) is 1. The molecule has 1 N–H and O–H groups in total. The van der Waals surface area contributed by atoms with Crippen molar-refractivity contribution in [2.75, 3.05) is 31.1 Å². The van der Waals surface area contributed by atoms with Crippen LogP contribution in [0.5, 0.6) is 0 Å². The van der Waals surface area contributed by atoms with Crippen LogP contribution in [0.4, 0.5) is 0 Å². The molecule has 0 aromatic carbocycles. The Morgan fingerprint density at radius 2 is 2.28 bits per heavy atom. The summed E-state index contributed by atoms with van der Waals surface area (Å²) in [6, 6.07) is 3.91. The van der Waals surface area contributed by atoms with Crippen molar-refractivity contribution in [1.82, 2.24) is 10.3 Å². The summed E-state index contributed by atoms with van der Waals surface area (Å²) in [4.78, 5) is 14.8. The maximum Gasteiger partial charge on any atom is 0.254 e. The average molecular weight is 348 g/mol. The van der Waals surface area contributed by atoms with Crippen molar-refractivity contribution in [2.45, 2.75) is 0 Å².